The van der Waals surface area contributed by atoms with Crippen LogP contribution in [0.2, 0.25) is 0 Å². The summed E-state index contributed by atoms with van der Waals surface area (Å²) in [6, 6.07) is 13.0. The van der Waals surface area contributed by atoms with Crippen molar-refractivity contribution in [2.45, 2.75) is 6.61 Å². The first kappa shape index (κ1) is 13.8. The lowest BCUT2D eigenvalue weighted by atomic mass is 10.0. The van der Waals surface area contributed by atoms with Crippen molar-refractivity contribution >= 4 is 11.5 Å². The molecule has 1 N–H and O–H groups in total. The number of aromatic nitrogens is 1. The lowest BCUT2D eigenvalue weighted by Gasteiger charge is -2.11. The molecule has 2 rings (SSSR count). The van der Waals surface area contributed by atoms with E-state index in [1.807, 2.05) is 36.4 Å². The van der Waals surface area contributed by atoms with Gasteiger partial charge in [0.2, 0.25) is 5.88 Å². The lowest BCUT2D eigenvalue weighted by molar-refractivity contribution is -0.115. The second kappa shape index (κ2) is 6.52. The molecule has 1 amide bonds. The van der Waals surface area contributed by atoms with Crippen LogP contribution in [-0.2, 0) is 11.4 Å². The van der Waals surface area contributed by atoms with E-state index < -0.39 is 0 Å². The van der Waals surface area contributed by atoms with Crippen molar-refractivity contribution in [3.05, 3.63) is 66.4 Å². The third-order valence-electron chi connectivity index (χ3n) is 2.86. The van der Waals surface area contributed by atoms with Crippen LogP contribution in [0.15, 0.2) is 55.2 Å². The van der Waals surface area contributed by atoms with Crippen LogP contribution >= 0.6 is 0 Å². The van der Waals surface area contributed by atoms with Crippen molar-refractivity contribution < 1.29 is 9.53 Å². The number of pyridine rings is 1. The molecule has 0 bridgehead atoms. The number of benzene rings is 1. The molecule has 0 saturated heterocycles. The second-order valence-corrected chi connectivity index (χ2v) is 4.17. The number of carbonyl (C=O) groups excluding carboxylic acids is 1. The molecule has 0 aliphatic rings. The summed E-state index contributed by atoms with van der Waals surface area (Å²) in [4.78, 5) is 15.8. The fourth-order valence-corrected chi connectivity index (χ4v) is 1.80. The predicted molar refractivity (Wildman–Crippen MR) is 78.1 cm³/mol. The van der Waals surface area contributed by atoms with Gasteiger partial charge in [-0.2, -0.15) is 0 Å². The fraction of sp³-hybridized carbons (Fsp3) is 0.125. The Morgan fingerprint density at radius 1 is 1.25 bits per heavy atom. The van der Waals surface area contributed by atoms with Gasteiger partial charge in [-0.1, -0.05) is 36.9 Å². The average Bonchev–Trinajstić information content (AvgIpc) is 2.52. The van der Waals surface area contributed by atoms with Crippen molar-refractivity contribution in [2.24, 2.45) is 0 Å². The Bertz CT molecular complexity index is 609. The van der Waals surface area contributed by atoms with E-state index in [-0.39, 0.29) is 5.91 Å². The maximum atomic E-state index is 11.7. The molecule has 0 saturated carbocycles. The zero-order valence-electron chi connectivity index (χ0n) is 11.3. The zero-order chi connectivity index (χ0) is 14.4. The summed E-state index contributed by atoms with van der Waals surface area (Å²) in [6.45, 7) is 4.16. The van der Waals surface area contributed by atoms with Gasteiger partial charge in [0.25, 0.3) is 5.91 Å². The Morgan fingerprint density at radius 2 is 2.00 bits per heavy atom. The molecule has 4 heteroatoms. The molecule has 1 heterocycles. The molecule has 0 aliphatic heterocycles. The van der Waals surface area contributed by atoms with Crippen LogP contribution < -0.4 is 10.1 Å². The number of nitrogens with zero attached hydrogens (tertiary/aromatic N) is 1. The minimum absolute atomic E-state index is 0.199. The molecule has 0 unspecified atom stereocenters. The van der Waals surface area contributed by atoms with E-state index in [4.69, 9.17) is 4.74 Å². The lowest BCUT2D eigenvalue weighted by Crippen LogP contribution is -2.19. The third-order valence-corrected chi connectivity index (χ3v) is 2.86. The Balaban J connectivity index is 2.16. The SMILES string of the molecule is C=C(C(=O)NC)c1ccccc1COc1ccccn1. The summed E-state index contributed by atoms with van der Waals surface area (Å²) >= 11 is 0. The zero-order valence-corrected chi connectivity index (χ0v) is 11.3. The number of likely N-dealkylation sites (N-methyl/N-ethyl adjacent to an activating group) is 1. The molecular weight excluding hydrogens is 252 g/mol. The highest BCUT2D eigenvalue weighted by Gasteiger charge is 2.12. The van der Waals surface area contributed by atoms with Gasteiger partial charge in [-0.05, 0) is 17.2 Å². The second-order valence-electron chi connectivity index (χ2n) is 4.17. The number of amides is 1. The first-order valence-corrected chi connectivity index (χ1v) is 6.25. The van der Waals surface area contributed by atoms with E-state index in [1.165, 1.54) is 0 Å². The normalized spacial score (nSPS) is 9.85. The largest absolute Gasteiger partial charge is 0.473 e. The van der Waals surface area contributed by atoms with Gasteiger partial charge in [-0.3, -0.25) is 4.79 Å². The van der Waals surface area contributed by atoms with Crippen molar-refractivity contribution in [3.8, 4) is 5.88 Å². The maximum Gasteiger partial charge on any atom is 0.251 e. The number of rotatable bonds is 5. The summed E-state index contributed by atoms with van der Waals surface area (Å²) in [5.74, 6) is 0.350. The molecule has 1 aromatic heterocycles. The quantitative estimate of drug-likeness (QED) is 0.847. The van der Waals surface area contributed by atoms with Gasteiger partial charge >= 0.3 is 0 Å². The molecule has 2 aromatic rings. The number of ether oxygens (including phenoxy) is 1. The first-order chi connectivity index (χ1) is 9.72. The van der Waals surface area contributed by atoms with Gasteiger partial charge in [0.15, 0.2) is 0 Å². The molecule has 102 valence electrons. The van der Waals surface area contributed by atoms with E-state index in [9.17, 15) is 4.79 Å². The van der Waals surface area contributed by atoms with Crippen LogP contribution in [0.25, 0.3) is 5.57 Å². The first-order valence-electron chi connectivity index (χ1n) is 6.25. The molecule has 0 spiro atoms. The highest BCUT2D eigenvalue weighted by atomic mass is 16.5. The van der Waals surface area contributed by atoms with Crippen LogP contribution in [0.4, 0.5) is 0 Å². The molecule has 0 fully saturated rings. The number of carbonyl (C=O) groups is 1. The molecule has 20 heavy (non-hydrogen) atoms. The summed E-state index contributed by atoms with van der Waals surface area (Å²) in [6.07, 6.45) is 1.67. The van der Waals surface area contributed by atoms with Crippen LogP contribution in [-0.4, -0.2) is 17.9 Å². The molecule has 0 radical (unpaired) electrons. The molecule has 4 nitrogen and oxygen atoms in total. The van der Waals surface area contributed by atoms with Crippen LogP contribution in [0.3, 0.4) is 0 Å². The van der Waals surface area contributed by atoms with Gasteiger partial charge < -0.3 is 10.1 Å². The van der Waals surface area contributed by atoms with Crippen LogP contribution in [0, 0.1) is 0 Å². The number of hydrogen-bond acceptors (Lipinski definition) is 3. The van der Waals surface area contributed by atoms with E-state index in [2.05, 4.69) is 16.9 Å². The Hall–Kier alpha value is -2.62. The summed E-state index contributed by atoms with van der Waals surface area (Å²) in [5, 5.41) is 2.57. The van der Waals surface area contributed by atoms with Crippen LogP contribution in [0.1, 0.15) is 11.1 Å². The predicted octanol–water partition coefficient (Wildman–Crippen LogP) is 2.42. The van der Waals surface area contributed by atoms with E-state index in [0.717, 1.165) is 11.1 Å². The Morgan fingerprint density at radius 3 is 2.70 bits per heavy atom. The van der Waals surface area contributed by atoms with E-state index in [0.29, 0.717) is 18.1 Å². The highest BCUT2D eigenvalue weighted by Crippen LogP contribution is 2.19. The molecule has 0 aliphatic carbocycles. The number of hydrogen-bond donors (Lipinski definition) is 1. The van der Waals surface area contributed by atoms with Gasteiger partial charge in [-0.15, -0.1) is 0 Å². The van der Waals surface area contributed by atoms with Gasteiger partial charge in [0.1, 0.15) is 6.61 Å². The van der Waals surface area contributed by atoms with Crippen molar-refractivity contribution in [1.82, 2.24) is 10.3 Å². The number of nitrogens with one attached hydrogen (secondary N) is 1. The summed E-state index contributed by atoms with van der Waals surface area (Å²) in [5.41, 5.74) is 2.10. The van der Waals surface area contributed by atoms with Crippen molar-refractivity contribution in [2.75, 3.05) is 7.05 Å². The van der Waals surface area contributed by atoms with E-state index >= 15 is 0 Å². The summed E-state index contributed by atoms with van der Waals surface area (Å²) < 4.78 is 5.61. The van der Waals surface area contributed by atoms with Gasteiger partial charge in [0.05, 0.1) is 0 Å². The highest BCUT2D eigenvalue weighted by molar-refractivity contribution is 6.18. The van der Waals surface area contributed by atoms with E-state index in [1.54, 1.807) is 19.3 Å². The van der Waals surface area contributed by atoms with Crippen molar-refractivity contribution in [1.29, 1.82) is 0 Å². The summed E-state index contributed by atoms with van der Waals surface area (Å²) in [7, 11) is 1.58. The maximum absolute atomic E-state index is 11.7. The minimum atomic E-state index is -0.199. The average molecular weight is 268 g/mol. The van der Waals surface area contributed by atoms with Crippen LogP contribution in [0.5, 0.6) is 5.88 Å². The smallest absolute Gasteiger partial charge is 0.251 e. The third kappa shape index (κ3) is 3.23. The monoisotopic (exact) mass is 268 g/mol. The standard InChI is InChI=1S/C16H16N2O2/c1-12(16(19)17-2)14-8-4-3-7-13(14)11-20-15-9-5-6-10-18-15/h3-10H,1,11H2,2H3,(H,17,19). The Labute approximate surface area is 118 Å². The Kier molecular flexibility index (Phi) is 4.50. The molecule has 1 aromatic carbocycles. The topological polar surface area (TPSA) is 51.2 Å². The molecular formula is C16H16N2O2. The van der Waals surface area contributed by atoms with Gasteiger partial charge in [0, 0.05) is 24.9 Å². The van der Waals surface area contributed by atoms with Gasteiger partial charge in [-0.25, -0.2) is 4.98 Å². The van der Waals surface area contributed by atoms with Crippen molar-refractivity contribution in [3.63, 3.8) is 0 Å². The fourth-order valence-electron chi connectivity index (χ4n) is 1.80. The molecule has 0 atom stereocenters. The minimum Gasteiger partial charge on any atom is -0.473 e.